The lowest BCUT2D eigenvalue weighted by atomic mass is 9.87. The Bertz CT molecular complexity index is 769. The standard InChI is InChI=1S/C19H20F2N2O3/c1-19(2,3)14-7-9-15(10-8-14)26-18(24)23-22-12-13-5-4-6-16(11-13)25-17(20)21/h4-12,17H,1-3H3,(H,23,24). The van der Waals surface area contributed by atoms with Gasteiger partial charge in [0.15, 0.2) is 0 Å². The lowest BCUT2D eigenvalue weighted by molar-refractivity contribution is -0.0498. The van der Waals surface area contributed by atoms with Crippen molar-refractivity contribution in [3.05, 3.63) is 59.7 Å². The molecule has 0 radical (unpaired) electrons. The topological polar surface area (TPSA) is 59.9 Å². The summed E-state index contributed by atoms with van der Waals surface area (Å²) < 4.78 is 33.8. The number of hydrogen-bond donors (Lipinski definition) is 1. The Morgan fingerprint density at radius 3 is 2.42 bits per heavy atom. The second-order valence-corrected chi connectivity index (χ2v) is 6.48. The molecule has 0 aliphatic rings. The molecule has 138 valence electrons. The molecule has 0 saturated heterocycles. The van der Waals surface area contributed by atoms with Crippen LogP contribution in [0.2, 0.25) is 0 Å². The number of carbonyl (C=O) groups excluding carboxylic acids is 1. The Kier molecular flexibility index (Phi) is 6.27. The number of benzene rings is 2. The molecule has 2 aromatic carbocycles. The maximum Gasteiger partial charge on any atom is 0.433 e. The van der Waals surface area contributed by atoms with Crippen molar-refractivity contribution in [2.24, 2.45) is 5.10 Å². The molecule has 26 heavy (non-hydrogen) atoms. The molecule has 0 fully saturated rings. The quantitative estimate of drug-likeness (QED) is 0.619. The first kappa shape index (κ1) is 19.4. The summed E-state index contributed by atoms with van der Waals surface area (Å²) in [7, 11) is 0. The van der Waals surface area contributed by atoms with Crippen molar-refractivity contribution >= 4 is 12.3 Å². The molecule has 5 nitrogen and oxygen atoms in total. The molecule has 0 heterocycles. The van der Waals surface area contributed by atoms with Crippen LogP contribution in [0.4, 0.5) is 13.6 Å². The van der Waals surface area contributed by atoms with E-state index in [4.69, 9.17) is 4.74 Å². The fraction of sp³-hybridized carbons (Fsp3) is 0.263. The zero-order chi connectivity index (χ0) is 19.2. The van der Waals surface area contributed by atoms with E-state index in [1.54, 1.807) is 18.2 Å². The van der Waals surface area contributed by atoms with Gasteiger partial charge >= 0.3 is 12.7 Å². The van der Waals surface area contributed by atoms with E-state index in [-0.39, 0.29) is 11.2 Å². The minimum atomic E-state index is -2.90. The SMILES string of the molecule is CC(C)(C)c1ccc(OC(=O)NN=Cc2cccc(OC(F)F)c2)cc1. The fourth-order valence-corrected chi connectivity index (χ4v) is 2.08. The number of alkyl halides is 2. The van der Waals surface area contributed by atoms with Crippen LogP contribution < -0.4 is 14.9 Å². The third-order valence-corrected chi connectivity index (χ3v) is 3.38. The van der Waals surface area contributed by atoms with Crippen LogP contribution >= 0.6 is 0 Å². The highest BCUT2D eigenvalue weighted by Crippen LogP contribution is 2.24. The number of amides is 1. The number of nitrogens with one attached hydrogen (secondary N) is 1. The van der Waals surface area contributed by atoms with Crippen molar-refractivity contribution in [2.75, 3.05) is 0 Å². The van der Waals surface area contributed by atoms with Gasteiger partial charge < -0.3 is 9.47 Å². The smallest absolute Gasteiger partial charge is 0.433 e. The van der Waals surface area contributed by atoms with Crippen molar-refractivity contribution in [1.82, 2.24) is 5.43 Å². The van der Waals surface area contributed by atoms with Gasteiger partial charge in [-0.25, -0.2) is 10.2 Å². The minimum Gasteiger partial charge on any atom is -0.435 e. The molecule has 0 bridgehead atoms. The first-order chi connectivity index (χ1) is 12.2. The van der Waals surface area contributed by atoms with E-state index in [1.165, 1.54) is 24.4 Å². The van der Waals surface area contributed by atoms with Gasteiger partial charge in [0.25, 0.3) is 0 Å². The molecule has 7 heteroatoms. The summed E-state index contributed by atoms with van der Waals surface area (Å²) in [6.45, 7) is 3.36. The average Bonchev–Trinajstić information content (AvgIpc) is 2.54. The molecule has 0 aliphatic carbocycles. The first-order valence-electron chi connectivity index (χ1n) is 7.90. The van der Waals surface area contributed by atoms with Crippen LogP contribution in [0.5, 0.6) is 11.5 Å². The molecule has 0 saturated carbocycles. The van der Waals surface area contributed by atoms with Gasteiger partial charge in [0, 0.05) is 0 Å². The van der Waals surface area contributed by atoms with Gasteiger partial charge in [-0.05, 0) is 40.8 Å². The van der Waals surface area contributed by atoms with Crippen LogP contribution in [-0.4, -0.2) is 18.9 Å². The third-order valence-electron chi connectivity index (χ3n) is 3.38. The predicted molar refractivity (Wildman–Crippen MR) is 95.0 cm³/mol. The Morgan fingerprint density at radius 2 is 1.81 bits per heavy atom. The average molecular weight is 362 g/mol. The number of rotatable bonds is 5. The maximum absolute atomic E-state index is 12.2. The first-order valence-corrected chi connectivity index (χ1v) is 7.90. The van der Waals surface area contributed by atoms with Crippen molar-refractivity contribution in [3.63, 3.8) is 0 Å². The van der Waals surface area contributed by atoms with Crippen LogP contribution in [0.15, 0.2) is 53.6 Å². The molecule has 0 unspecified atom stereocenters. The van der Waals surface area contributed by atoms with E-state index in [9.17, 15) is 13.6 Å². The predicted octanol–water partition coefficient (Wildman–Crippen LogP) is 4.71. The van der Waals surface area contributed by atoms with Crippen LogP contribution in [-0.2, 0) is 5.41 Å². The molecule has 0 aliphatic heterocycles. The second-order valence-electron chi connectivity index (χ2n) is 6.48. The third kappa shape index (κ3) is 6.16. The van der Waals surface area contributed by atoms with E-state index >= 15 is 0 Å². The maximum atomic E-state index is 12.2. The zero-order valence-electron chi connectivity index (χ0n) is 14.7. The summed E-state index contributed by atoms with van der Waals surface area (Å²) in [4.78, 5) is 11.7. The Labute approximate surface area is 150 Å². The number of ether oxygens (including phenoxy) is 2. The van der Waals surface area contributed by atoms with E-state index < -0.39 is 12.7 Å². The normalized spacial score (nSPS) is 11.6. The molecule has 0 spiro atoms. The lowest BCUT2D eigenvalue weighted by Gasteiger charge is -2.18. The van der Waals surface area contributed by atoms with Gasteiger partial charge in [0.1, 0.15) is 11.5 Å². The Morgan fingerprint density at radius 1 is 1.12 bits per heavy atom. The highest BCUT2D eigenvalue weighted by Gasteiger charge is 2.13. The van der Waals surface area contributed by atoms with E-state index in [1.807, 2.05) is 12.1 Å². The summed E-state index contributed by atoms with van der Waals surface area (Å²) in [6.07, 6.45) is 0.534. The molecule has 1 amide bonds. The molecule has 0 aromatic heterocycles. The highest BCUT2D eigenvalue weighted by atomic mass is 19.3. The lowest BCUT2D eigenvalue weighted by Crippen LogP contribution is -2.22. The van der Waals surface area contributed by atoms with Crippen LogP contribution in [0, 0.1) is 0 Å². The second kappa shape index (κ2) is 8.42. The van der Waals surface area contributed by atoms with Gasteiger partial charge in [-0.15, -0.1) is 0 Å². The van der Waals surface area contributed by atoms with Gasteiger partial charge in [-0.3, -0.25) is 0 Å². The number of halogens is 2. The molecular weight excluding hydrogens is 342 g/mol. The molecule has 1 N–H and O–H groups in total. The Hall–Kier alpha value is -2.96. The summed E-state index contributed by atoms with van der Waals surface area (Å²) in [6, 6.07) is 13.1. The number of nitrogens with zero attached hydrogens (tertiary/aromatic N) is 1. The largest absolute Gasteiger partial charge is 0.435 e. The summed E-state index contributed by atoms with van der Waals surface area (Å²) in [5.74, 6) is 0.392. The van der Waals surface area contributed by atoms with Crippen molar-refractivity contribution in [1.29, 1.82) is 0 Å². The summed E-state index contributed by atoms with van der Waals surface area (Å²) in [5, 5.41) is 3.72. The van der Waals surface area contributed by atoms with E-state index in [2.05, 4.69) is 36.0 Å². The number of hydrazone groups is 1. The molecule has 0 atom stereocenters. The van der Waals surface area contributed by atoms with Crippen molar-refractivity contribution < 1.29 is 23.0 Å². The van der Waals surface area contributed by atoms with Gasteiger partial charge in [-0.2, -0.15) is 13.9 Å². The van der Waals surface area contributed by atoms with Gasteiger partial charge in [0.2, 0.25) is 0 Å². The van der Waals surface area contributed by atoms with Crippen LogP contribution in [0.3, 0.4) is 0 Å². The Balaban J connectivity index is 1.89. The summed E-state index contributed by atoms with van der Waals surface area (Å²) >= 11 is 0. The van der Waals surface area contributed by atoms with Gasteiger partial charge in [-0.1, -0.05) is 45.0 Å². The molecule has 2 rings (SSSR count). The number of hydrogen-bond acceptors (Lipinski definition) is 4. The zero-order valence-corrected chi connectivity index (χ0v) is 14.7. The monoisotopic (exact) mass is 362 g/mol. The van der Waals surface area contributed by atoms with Crippen molar-refractivity contribution in [2.45, 2.75) is 32.8 Å². The summed E-state index contributed by atoms with van der Waals surface area (Å²) in [5.41, 5.74) is 3.82. The fourth-order valence-electron chi connectivity index (χ4n) is 2.08. The van der Waals surface area contributed by atoms with Crippen LogP contribution in [0.25, 0.3) is 0 Å². The highest BCUT2D eigenvalue weighted by molar-refractivity contribution is 5.81. The molecular formula is C19H20F2N2O3. The minimum absolute atomic E-state index is 0.00506. The molecule has 2 aromatic rings. The van der Waals surface area contributed by atoms with E-state index in [0.29, 0.717) is 11.3 Å². The van der Waals surface area contributed by atoms with Gasteiger partial charge in [0.05, 0.1) is 6.21 Å². The number of carbonyl (C=O) groups is 1. The van der Waals surface area contributed by atoms with Crippen molar-refractivity contribution in [3.8, 4) is 11.5 Å². The van der Waals surface area contributed by atoms with E-state index in [0.717, 1.165) is 5.56 Å². The van der Waals surface area contributed by atoms with Crippen LogP contribution in [0.1, 0.15) is 31.9 Å².